The summed E-state index contributed by atoms with van der Waals surface area (Å²) in [5, 5.41) is 22.1. The molecule has 0 unspecified atom stereocenters. The van der Waals surface area contributed by atoms with Crippen LogP contribution in [-0.4, -0.2) is 36.8 Å². The van der Waals surface area contributed by atoms with Crippen molar-refractivity contribution >= 4 is 21.9 Å². The van der Waals surface area contributed by atoms with Crippen LogP contribution in [-0.2, 0) is 6.54 Å². The van der Waals surface area contributed by atoms with Crippen LogP contribution in [0.2, 0.25) is 0 Å². The lowest BCUT2D eigenvalue weighted by Crippen LogP contribution is -2.20. The molecule has 0 spiro atoms. The molecule has 6 aromatic rings. The van der Waals surface area contributed by atoms with Gasteiger partial charge in [0, 0.05) is 41.5 Å². The summed E-state index contributed by atoms with van der Waals surface area (Å²) in [6.07, 6.45) is 9.11. The normalized spacial score (nSPS) is 14.0. The number of H-pyrrole nitrogens is 2. The third-order valence-electron chi connectivity index (χ3n) is 7.85. The number of phenols is 1. The number of fused-ring (bicyclic) bond motifs is 2. The summed E-state index contributed by atoms with van der Waals surface area (Å²) in [5.74, 6) is 0.198. The van der Waals surface area contributed by atoms with Gasteiger partial charge in [0.1, 0.15) is 22.8 Å². The van der Waals surface area contributed by atoms with Crippen molar-refractivity contribution in [3.63, 3.8) is 0 Å². The second-order valence-electron chi connectivity index (χ2n) is 10.7. The van der Waals surface area contributed by atoms with Crippen molar-refractivity contribution in [2.75, 3.05) is 6.54 Å². The van der Waals surface area contributed by atoms with Crippen molar-refractivity contribution in [3.05, 3.63) is 84.4 Å². The molecule has 0 aliphatic heterocycles. The molecular weight excluding hydrogens is 503 g/mol. The van der Waals surface area contributed by atoms with Crippen LogP contribution < -0.4 is 5.32 Å². The van der Waals surface area contributed by atoms with Gasteiger partial charge in [-0.05, 0) is 84.5 Å². The van der Waals surface area contributed by atoms with Gasteiger partial charge in [0.15, 0.2) is 0 Å². The number of nitrogens with one attached hydrogen (secondary N) is 3. The minimum absolute atomic E-state index is 0.110. The summed E-state index contributed by atoms with van der Waals surface area (Å²) in [4.78, 5) is 12.9. The van der Waals surface area contributed by atoms with Crippen molar-refractivity contribution in [2.24, 2.45) is 5.92 Å². The molecule has 1 fully saturated rings. The lowest BCUT2D eigenvalue weighted by molar-refractivity contribution is 0.469. The Labute approximate surface area is 230 Å². The molecule has 200 valence electrons. The summed E-state index contributed by atoms with van der Waals surface area (Å²) in [5.41, 5.74) is 8.28. The van der Waals surface area contributed by atoms with Gasteiger partial charge in [-0.25, -0.2) is 9.37 Å². The first kappa shape index (κ1) is 24.5. The summed E-state index contributed by atoms with van der Waals surface area (Å²) < 4.78 is 14.0. The molecule has 2 aromatic carbocycles. The van der Waals surface area contributed by atoms with Gasteiger partial charge in [0.2, 0.25) is 0 Å². The Balaban J connectivity index is 1.21. The third-order valence-corrected chi connectivity index (χ3v) is 7.85. The molecule has 40 heavy (non-hydrogen) atoms. The van der Waals surface area contributed by atoms with Crippen molar-refractivity contribution in [3.8, 4) is 39.5 Å². The third kappa shape index (κ3) is 4.71. The van der Waals surface area contributed by atoms with Crippen molar-refractivity contribution < 1.29 is 9.50 Å². The second-order valence-corrected chi connectivity index (χ2v) is 10.7. The highest BCUT2D eigenvalue weighted by atomic mass is 19.1. The maximum absolute atomic E-state index is 14.0. The first-order chi connectivity index (χ1) is 19.6. The van der Waals surface area contributed by atoms with E-state index in [1.807, 2.05) is 48.8 Å². The average molecular weight is 533 g/mol. The lowest BCUT2D eigenvalue weighted by atomic mass is 10.0. The Morgan fingerprint density at radius 3 is 2.73 bits per heavy atom. The Bertz CT molecular complexity index is 1810. The topological polar surface area (TPSA) is 103 Å². The predicted molar refractivity (Wildman–Crippen MR) is 155 cm³/mol. The summed E-state index contributed by atoms with van der Waals surface area (Å²) >= 11 is 0. The fourth-order valence-electron chi connectivity index (χ4n) is 5.87. The predicted octanol–water partition coefficient (Wildman–Crippen LogP) is 6.96. The fourth-order valence-corrected chi connectivity index (χ4v) is 5.87. The van der Waals surface area contributed by atoms with Crippen LogP contribution in [0.15, 0.2) is 73.1 Å². The van der Waals surface area contributed by atoms with Crippen molar-refractivity contribution in [1.29, 1.82) is 0 Å². The Kier molecular flexibility index (Phi) is 6.24. The molecule has 1 aliphatic carbocycles. The SMILES string of the molecule is Oc1cc(F)cc(-c2cccc3[nH]c(-c4n[nH]c5ccc(-c6cncc(CNCC7CCCC7)c6)nc45)cc23)c1. The van der Waals surface area contributed by atoms with Gasteiger partial charge < -0.3 is 15.4 Å². The van der Waals surface area contributed by atoms with E-state index in [1.165, 1.54) is 31.7 Å². The van der Waals surface area contributed by atoms with Crippen molar-refractivity contribution in [2.45, 2.75) is 32.2 Å². The van der Waals surface area contributed by atoms with E-state index < -0.39 is 5.82 Å². The first-order valence-corrected chi connectivity index (χ1v) is 13.7. The molecule has 4 heterocycles. The van der Waals surface area contributed by atoms with Crippen LogP contribution in [0.5, 0.6) is 5.75 Å². The van der Waals surface area contributed by atoms with Gasteiger partial charge in [-0.15, -0.1) is 0 Å². The van der Waals surface area contributed by atoms with Crippen LogP contribution in [0.1, 0.15) is 31.2 Å². The standard InChI is InChI=1S/C32H29FN6O/c33-23-11-21(12-24(40)13-23)25-6-3-7-28-26(25)14-30(36-28)32-31-29(38-39-32)9-8-27(37-31)22-10-20(17-35-18-22)16-34-15-19-4-1-2-5-19/h3,6-14,17-19,34,36,40H,1-2,4-5,15-16H2,(H,38,39). The molecule has 4 aromatic heterocycles. The summed E-state index contributed by atoms with van der Waals surface area (Å²) in [6, 6.07) is 18.0. The monoisotopic (exact) mass is 532 g/mol. The van der Waals surface area contributed by atoms with E-state index in [2.05, 4.69) is 31.5 Å². The van der Waals surface area contributed by atoms with E-state index in [4.69, 9.17) is 4.98 Å². The molecule has 0 bridgehead atoms. The van der Waals surface area contributed by atoms with Crippen LogP contribution >= 0.6 is 0 Å². The van der Waals surface area contributed by atoms with Crippen molar-refractivity contribution in [1.82, 2.24) is 30.5 Å². The van der Waals surface area contributed by atoms with Gasteiger partial charge in [-0.3, -0.25) is 10.1 Å². The molecule has 0 radical (unpaired) electrons. The molecule has 0 saturated heterocycles. The highest BCUT2D eigenvalue weighted by Crippen LogP contribution is 2.35. The van der Waals surface area contributed by atoms with Crippen LogP contribution in [0.25, 0.3) is 55.7 Å². The molecule has 1 saturated carbocycles. The number of aromatic nitrogens is 5. The zero-order valence-electron chi connectivity index (χ0n) is 21.9. The highest BCUT2D eigenvalue weighted by molar-refractivity contribution is 6.00. The average Bonchev–Trinajstić information content (AvgIpc) is 3.71. The van der Waals surface area contributed by atoms with E-state index in [1.54, 1.807) is 6.07 Å². The van der Waals surface area contributed by atoms with E-state index in [0.717, 1.165) is 75.1 Å². The van der Waals surface area contributed by atoms with Gasteiger partial charge >= 0.3 is 0 Å². The van der Waals surface area contributed by atoms with E-state index in [-0.39, 0.29) is 5.75 Å². The molecule has 1 aliphatic rings. The number of hydrogen-bond donors (Lipinski definition) is 4. The smallest absolute Gasteiger partial charge is 0.135 e. The van der Waals surface area contributed by atoms with Crippen LogP contribution in [0, 0.1) is 11.7 Å². The Morgan fingerprint density at radius 2 is 1.85 bits per heavy atom. The number of pyridine rings is 2. The molecule has 7 rings (SSSR count). The minimum atomic E-state index is -0.485. The first-order valence-electron chi connectivity index (χ1n) is 13.7. The number of benzene rings is 2. The number of nitrogens with zero attached hydrogens (tertiary/aromatic N) is 3. The highest BCUT2D eigenvalue weighted by Gasteiger charge is 2.17. The Hall–Kier alpha value is -4.56. The van der Waals surface area contributed by atoms with E-state index >= 15 is 0 Å². The van der Waals surface area contributed by atoms with E-state index in [9.17, 15) is 9.50 Å². The number of halogens is 1. The number of aromatic amines is 2. The molecule has 0 amide bonds. The zero-order valence-corrected chi connectivity index (χ0v) is 21.9. The number of hydrogen-bond acceptors (Lipinski definition) is 5. The zero-order chi connectivity index (χ0) is 27.1. The molecule has 4 N–H and O–H groups in total. The molecule has 0 atom stereocenters. The lowest BCUT2D eigenvalue weighted by Gasteiger charge is -2.11. The van der Waals surface area contributed by atoms with Gasteiger partial charge in [0.05, 0.1) is 16.9 Å². The van der Waals surface area contributed by atoms with Crippen LogP contribution in [0.4, 0.5) is 4.39 Å². The number of rotatable bonds is 7. The van der Waals surface area contributed by atoms with Gasteiger partial charge in [-0.1, -0.05) is 25.0 Å². The summed E-state index contributed by atoms with van der Waals surface area (Å²) in [6.45, 7) is 1.84. The number of aromatic hydroxyl groups is 1. The molecule has 7 nitrogen and oxygen atoms in total. The minimum Gasteiger partial charge on any atom is -0.508 e. The summed E-state index contributed by atoms with van der Waals surface area (Å²) in [7, 11) is 0. The molecular formula is C32H29FN6O. The molecule has 8 heteroatoms. The maximum atomic E-state index is 14.0. The quantitative estimate of drug-likeness (QED) is 0.178. The maximum Gasteiger partial charge on any atom is 0.135 e. The van der Waals surface area contributed by atoms with Crippen LogP contribution in [0.3, 0.4) is 0 Å². The van der Waals surface area contributed by atoms with Gasteiger partial charge in [0.25, 0.3) is 0 Å². The second kappa shape index (κ2) is 10.2. The largest absolute Gasteiger partial charge is 0.508 e. The van der Waals surface area contributed by atoms with Gasteiger partial charge in [-0.2, -0.15) is 5.10 Å². The Morgan fingerprint density at radius 1 is 0.950 bits per heavy atom. The fraction of sp³-hybridized carbons (Fsp3) is 0.219. The van der Waals surface area contributed by atoms with E-state index in [0.29, 0.717) is 11.3 Å². The number of phenolic OH excluding ortho intramolecular Hbond substituents is 1.